The molecule has 0 aromatic carbocycles. The number of H-pyrrole nitrogens is 1. The van der Waals surface area contributed by atoms with Crippen LogP contribution in [0.4, 0.5) is 0 Å². The standard InChI is InChI=1S/C7H9NO2.C4H5N/c9-7(10)3-6-8-4-1-2-5-8;1-2-4-5-3-1/h1-2,4-5H,3,6H2,(H,9,10);1-5H. The van der Waals surface area contributed by atoms with Crippen molar-refractivity contribution in [3.05, 3.63) is 49.1 Å². The number of aromatic nitrogens is 2. The minimum absolute atomic E-state index is 0.189. The van der Waals surface area contributed by atoms with E-state index in [0.717, 1.165) is 0 Å². The van der Waals surface area contributed by atoms with Crippen LogP contribution >= 0.6 is 0 Å². The van der Waals surface area contributed by atoms with Crippen LogP contribution in [0.2, 0.25) is 0 Å². The molecule has 0 spiro atoms. The Labute approximate surface area is 88.2 Å². The molecule has 80 valence electrons. The van der Waals surface area contributed by atoms with Crippen molar-refractivity contribution in [1.29, 1.82) is 0 Å². The fourth-order valence-electron chi connectivity index (χ4n) is 1.02. The average molecular weight is 206 g/mol. The average Bonchev–Trinajstić information content (AvgIpc) is 2.91. The number of hydrogen-bond donors (Lipinski definition) is 2. The predicted octanol–water partition coefficient (Wildman–Crippen LogP) is 1.98. The Hall–Kier alpha value is -1.97. The highest BCUT2D eigenvalue weighted by molar-refractivity contribution is 5.66. The molecule has 2 heterocycles. The normalized spacial score (nSPS) is 9.07. The molecule has 0 bridgehead atoms. The van der Waals surface area contributed by atoms with Crippen LogP contribution in [-0.4, -0.2) is 20.6 Å². The molecule has 0 aliphatic carbocycles. The molecule has 0 amide bonds. The van der Waals surface area contributed by atoms with Crippen molar-refractivity contribution in [3.8, 4) is 0 Å². The number of aryl methyl sites for hydroxylation is 1. The van der Waals surface area contributed by atoms with Gasteiger partial charge < -0.3 is 14.7 Å². The summed E-state index contributed by atoms with van der Waals surface area (Å²) >= 11 is 0. The van der Waals surface area contributed by atoms with Crippen molar-refractivity contribution in [2.75, 3.05) is 0 Å². The first kappa shape index (κ1) is 11.1. The van der Waals surface area contributed by atoms with Gasteiger partial charge in [-0.2, -0.15) is 0 Å². The molecule has 2 N–H and O–H groups in total. The summed E-state index contributed by atoms with van der Waals surface area (Å²) in [5.41, 5.74) is 0. The summed E-state index contributed by atoms with van der Waals surface area (Å²) in [6.45, 7) is 0.558. The van der Waals surface area contributed by atoms with Gasteiger partial charge in [0, 0.05) is 31.3 Å². The van der Waals surface area contributed by atoms with Gasteiger partial charge in [0.2, 0.25) is 0 Å². The Balaban J connectivity index is 0.000000187. The first-order chi connectivity index (χ1) is 7.29. The van der Waals surface area contributed by atoms with E-state index in [-0.39, 0.29) is 6.42 Å². The molecular weight excluding hydrogens is 192 g/mol. The lowest BCUT2D eigenvalue weighted by Gasteiger charge is -1.96. The smallest absolute Gasteiger partial charge is 0.305 e. The van der Waals surface area contributed by atoms with Gasteiger partial charge in [0.05, 0.1) is 6.42 Å². The third kappa shape index (κ3) is 5.36. The van der Waals surface area contributed by atoms with Crippen molar-refractivity contribution in [1.82, 2.24) is 9.55 Å². The van der Waals surface area contributed by atoms with Crippen LogP contribution in [0.3, 0.4) is 0 Å². The zero-order valence-corrected chi connectivity index (χ0v) is 8.34. The molecule has 0 saturated heterocycles. The van der Waals surface area contributed by atoms with Crippen LogP contribution in [0.15, 0.2) is 49.1 Å². The molecule has 0 fully saturated rings. The Morgan fingerprint density at radius 1 is 1.13 bits per heavy atom. The fraction of sp³-hybridized carbons (Fsp3) is 0.182. The quantitative estimate of drug-likeness (QED) is 0.806. The summed E-state index contributed by atoms with van der Waals surface area (Å²) in [6.07, 6.45) is 7.64. The molecule has 0 saturated carbocycles. The second kappa shape index (κ2) is 6.48. The number of carbonyl (C=O) groups is 1. The van der Waals surface area contributed by atoms with Gasteiger partial charge in [-0.1, -0.05) is 0 Å². The van der Waals surface area contributed by atoms with E-state index in [1.54, 1.807) is 0 Å². The van der Waals surface area contributed by atoms with E-state index in [1.807, 2.05) is 53.6 Å². The van der Waals surface area contributed by atoms with E-state index in [0.29, 0.717) is 6.54 Å². The monoisotopic (exact) mass is 206 g/mol. The number of carboxylic acids is 1. The molecule has 0 atom stereocenters. The van der Waals surface area contributed by atoms with Gasteiger partial charge in [0.1, 0.15) is 0 Å². The van der Waals surface area contributed by atoms with E-state index in [9.17, 15) is 4.79 Å². The molecular formula is C11H14N2O2. The number of aromatic amines is 1. The molecule has 0 aliphatic heterocycles. The van der Waals surface area contributed by atoms with Crippen LogP contribution in [0.25, 0.3) is 0 Å². The second-order valence-corrected chi connectivity index (χ2v) is 2.95. The van der Waals surface area contributed by atoms with E-state index in [2.05, 4.69) is 4.98 Å². The van der Waals surface area contributed by atoms with Gasteiger partial charge in [-0.3, -0.25) is 4.79 Å². The summed E-state index contributed by atoms with van der Waals surface area (Å²) in [5.74, 6) is -0.756. The van der Waals surface area contributed by atoms with Crippen LogP contribution < -0.4 is 0 Å². The minimum Gasteiger partial charge on any atom is -0.481 e. The van der Waals surface area contributed by atoms with Crippen molar-refractivity contribution in [2.45, 2.75) is 13.0 Å². The Morgan fingerprint density at radius 2 is 1.73 bits per heavy atom. The highest BCUT2D eigenvalue weighted by atomic mass is 16.4. The van der Waals surface area contributed by atoms with E-state index in [4.69, 9.17) is 5.11 Å². The van der Waals surface area contributed by atoms with Crippen molar-refractivity contribution in [2.24, 2.45) is 0 Å². The lowest BCUT2D eigenvalue weighted by atomic mass is 10.4. The third-order valence-electron chi connectivity index (χ3n) is 1.75. The number of hydrogen-bond acceptors (Lipinski definition) is 1. The van der Waals surface area contributed by atoms with Crippen LogP contribution in [0.1, 0.15) is 6.42 Å². The van der Waals surface area contributed by atoms with Crippen molar-refractivity contribution in [3.63, 3.8) is 0 Å². The highest BCUT2D eigenvalue weighted by Crippen LogP contribution is 1.92. The summed E-state index contributed by atoms with van der Waals surface area (Å²) in [6, 6.07) is 7.64. The maximum Gasteiger partial charge on any atom is 0.305 e. The van der Waals surface area contributed by atoms with Crippen LogP contribution in [0.5, 0.6) is 0 Å². The van der Waals surface area contributed by atoms with E-state index in [1.165, 1.54) is 0 Å². The lowest BCUT2D eigenvalue weighted by molar-refractivity contribution is -0.137. The Bertz CT molecular complexity index is 335. The summed E-state index contributed by atoms with van der Waals surface area (Å²) in [7, 11) is 0. The molecule has 0 radical (unpaired) electrons. The first-order valence-electron chi connectivity index (χ1n) is 4.69. The van der Waals surface area contributed by atoms with Crippen LogP contribution in [-0.2, 0) is 11.3 Å². The SMILES string of the molecule is O=C(O)CCn1cccc1.c1cc[nH]c1. The topological polar surface area (TPSA) is 58.0 Å². The summed E-state index contributed by atoms with van der Waals surface area (Å²) in [5, 5.41) is 8.30. The molecule has 4 nitrogen and oxygen atoms in total. The third-order valence-corrected chi connectivity index (χ3v) is 1.75. The first-order valence-corrected chi connectivity index (χ1v) is 4.69. The molecule has 2 aromatic rings. The number of carboxylic acid groups (broad SMARTS) is 1. The van der Waals surface area contributed by atoms with Crippen LogP contribution in [0, 0.1) is 0 Å². The highest BCUT2D eigenvalue weighted by Gasteiger charge is 1.95. The minimum atomic E-state index is -0.756. The number of nitrogens with zero attached hydrogens (tertiary/aromatic N) is 1. The van der Waals surface area contributed by atoms with E-state index >= 15 is 0 Å². The zero-order valence-electron chi connectivity index (χ0n) is 8.34. The fourth-order valence-corrected chi connectivity index (χ4v) is 1.02. The Kier molecular flexibility index (Phi) is 4.80. The predicted molar refractivity (Wildman–Crippen MR) is 57.5 cm³/mol. The zero-order chi connectivity index (χ0) is 10.9. The molecule has 2 aromatic heterocycles. The number of nitrogens with one attached hydrogen (secondary N) is 1. The number of rotatable bonds is 3. The van der Waals surface area contributed by atoms with Gasteiger partial charge in [-0.15, -0.1) is 0 Å². The second-order valence-electron chi connectivity index (χ2n) is 2.95. The maximum absolute atomic E-state index is 10.1. The van der Waals surface area contributed by atoms with Gasteiger partial charge in [-0.05, 0) is 24.3 Å². The van der Waals surface area contributed by atoms with Crippen molar-refractivity contribution < 1.29 is 9.90 Å². The molecule has 0 unspecified atom stereocenters. The largest absolute Gasteiger partial charge is 0.481 e. The number of aliphatic carboxylic acids is 1. The maximum atomic E-state index is 10.1. The summed E-state index contributed by atoms with van der Waals surface area (Å²) in [4.78, 5) is 12.9. The van der Waals surface area contributed by atoms with Crippen molar-refractivity contribution >= 4 is 5.97 Å². The van der Waals surface area contributed by atoms with Gasteiger partial charge >= 0.3 is 5.97 Å². The lowest BCUT2D eigenvalue weighted by Crippen LogP contribution is -2.01. The molecule has 15 heavy (non-hydrogen) atoms. The molecule has 0 aliphatic rings. The summed E-state index contributed by atoms with van der Waals surface area (Å²) < 4.78 is 1.84. The Morgan fingerprint density at radius 3 is 2.13 bits per heavy atom. The van der Waals surface area contributed by atoms with Gasteiger partial charge in [-0.25, -0.2) is 0 Å². The van der Waals surface area contributed by atoms with Gasteiger partial charge in [0.25, 0.3) is 0 Å². The van der Waals surface area contributed by atoms with Gasteiger partial charge in [0.15, 0.2) is 0 Å². The molecule has 4 heteroatoms. The molecule has 2 rings (SSSR count). The van der Waals surface area contributed by atoms with E-state index < -0.39 is 5.97 Å².